The summed E-state index contributed by atoms with van der Waals surface area (Å²) in [5.41, 5.74) is 0.0290. The summed E-state index contributed by atoms with van der Waals surface area (Å²) >= 11 is 1.12. The molecule has 0 saturated carbocycles. The van der Waals surface area contributed by atoms with Gasteiger partial charge in [0.25, 0.3) is 0 Å². The smallest absolute Gasteiger partial charge is 0.356 e. The quantitative estimate of drug-likeness (QED) is 0.811. The number of aromatic carboxylic acids is 1. The van der Waals surface area contributed by atoms with Crippen LogP contribution in [0.25, 0.3) is 0 Å². The Bertz CT molecular complexity index is 516. The van der Waals surface area contributed by atoms with Crippen LogP contribution in [0.2, 0.25) is 0 Å². The van der Waals surface area contributed by atoms with Crippen molar-refractivity contribution < 1.29 is 14.7 Å². The first-order valence-electron chi connectivity index (χ1n) is 6.98. The molecule has 1 aromatic heterocycles. The van der Waals surface area contributed by atoms with Crippen molar-refractivity contribution in [1.29, 1.82) is 0 Å². The summed E-state index contributed by atoms with van der Waals surface area (Å²) < 4.78 is 0. The number of nitrogens with zero attached hydrogens (tertiary/aromatic N) is 2. The van der Waals surface area contributed by atoms with Crippen LogP contribution >= 0.6 is 11.3 Å². The van der Waals surface area contributed by atoms with E-state index >= 15 is 0 Å². The Morgan fingerprint density at radius 3 is 2.52 bits per heavy atom. The van der Waals surface area contributed by atoms with E-state index in [1.54, 1.807) is 0 Å². The van der Waals surface area contributed by atoms with Crippen LogP contribution in [-0.2, 0) is 0 Å². The fraction of sp³-hybridized carbons (Fsp3) is 0.643. The standard InChI is InChI=1S/C14H21N3O3S/c1-9(18)11-10(12(19)20)16-13(21-11)15-8-14(2)4-6-17(3)7-5-14/h4-8H2,1-3H3,(H,15,16)(H,19,20). The number of nitrogens with one attached hydrogen (secondary N) is 1. The van der Waals surface area contributed by atoms with Gasteiger partial charge in [-0.25, -0.2) is 9.78 Å². The molecule has 1 aliphatic heterocycles. The fourth-order valence-electron chi connectivity index (χ4n) is 2.40. The van der Waals surface area contributed by atoms with Gasteiger partial charge in [0.1, 0.15) is 4.88 Å². The van der Waals surface area contributed by atoms with Gasteiger partial charge in [-0.05, 0) is 38.4 Å². The van der Waals surface area contributed by atoms with Crippen LogP contribution in [0, 0.1) is 5.41 Å². The first-order chi connectivity index (χ1) is 9.81. The lowest BCUT2D eigenvalue weighted by molar-refractivity contribution is 0.0687. The molecule has 0 aromatic carbocycles. The number of ketones is 1. The van der Waals surface area contributed by atoms with Crippen molar-refractivity contribution in [3.05, 3.63) is 10.6 Å². The monoisotopic (exact) mass is 311 g/mol. The Hall–Kier alpha value is -1.47. The van der Waals surface area contributed by atoms with Crippen molar-refractivity contribution >= 4 is 28.2 Å². The highest BCUT2D eigenvalue weighted by atomic mass is 32.1. The summed E-state index contributed by atoms with van der Waals surface area (Å²) in [6.45, 7) is 6.46. The third-order valence-corrected chi connectivity index (χ3v) is 5.12. The molecule has 0 spiro atoms. The van der Waals surface area contributed by atoms with Gasteiger partial charge in [-0.2, -0.15) is 0 Å². The zero-order valence-corrected chi connectivity index (χ0v) is 13.4. The number of rotatable bonds is 5. The predicted octanol–water partition coefficient (Wildman–Crippen LogP) is 2.19. The molecule has 0 bridgehead atoms. The summed E-state index contributed by atoms with van der Waals surface area (Å²) in [5.74, 6) is -1.42. The number of carbonyl (C=O) groups excluding carboxylic acids is 1. The van der Waals surface area contributed by atoms with E-state index in [0.717, 1.165) is 43.8 Å². The molecule has 1 aliphatic rings. The van der Waals surface area contributed by atoms with Crippen molar-refractivity contribution in [3.8, 4) is 0 Å². The van der Waals surface area contributed by atoms with Gasteiger partial charge in [0.05, 0.1) is 0 Å². The van der Waals surface area contributed by atoms with Crippen LogP contribution in [0.4, 0.5) is 5.13 Å². The van der Waals surface area contributed by atoms with Gasteiger partial charge in [-0.1, -0.05) is 18.3 Å². The SMILES string of the molecule is CC(=O)c1sc(NCC2(C)CCN(C)CC2)nc1C(=O)O. The van der Waals surface area contributed by atoms with Gasteiger partial charge in [0.15, 0.2) is 16.6 Å². The molecule has 0 unspecified atom stereocenters. The van der Waals surface area contributed by atoms with Crippen LogP contribution in [0.3, 0.4) is 0 Å². The van der Waals surface area contributed by atoms with E-state index < -0.39 is 5.97 Å². The summed E-state index contributed by atoms with van der Waals surface area (Å²) in [5, 5.41) is 12.8. The van der Waals surface area contributed by atoms with Gasteiger partial charge in [-0.15, -0.1) is 0 Å². The zero-order valence-electron chi connectivity index (χ0n) is 12.6. The topological polar surface area (TPSA) is 82.5 Å². The minimum Gasteiger partial charge on any atom is -0.476 e. The molecule has 7 heteroatoms. The third-order valence-electron chi connectivity index (χ3n) is 4.01. The number of thiazole rings is 1. The van der Waals surface area contributed by atoms with Crippen molar-refractivity contribution in [2.45, 2.75) is 26.7 Å². The number of carboxylic acid groups (broad SMARTS) is 1. The van der Waals surface area contributed by atoms with E-state index in [4.69, 9.17) is 5.11 Å². The van der Waals surface area contributed by atoms with E-state index in [1.807, 2.05) is 0 Å². The van der Waals surface area contributed by atoms with E-state index in [1.165, 1.54) is 6.92 Å². The molecule has 0 aliphatic carbocycles. The Morgan fingerprint density at radius 1 is 1.43 bits per heavy atom. The van der Waals surface area contributed by atoms with E-state index in [-0.39, 0.29) is 21.8 Å². The second-order valence-electron chi connectivity index (χ2n) is 6.03. The third kappa shape index (κ3) is 3.79. The van der Waals surface area contributed by atoms with Crippen LogP contribution < -0.4 is 5.32 Å². The first kappa shape index (κ1) is 15.9. The van der Waals surface area contributed by atoms with Gasteiger partial charge in [0, 0.05) is 13.5 Å². The lowest BCUT2D eigenvalue weighted by atomic mass is 9.80. The molecule has 0 atom stereocenters. The maximum absolute atomic E-state index is 11.5. The van der Waals surface area contributed by atoms with Crippen molar-refractivity contribution in [1.82, 2.24) is 9.88 Å². The van der Waals surface area contributed by atoms with Crippen molar-refractivity contribution in [2.75, 3.05) is 32.0 Å². The van der Waals surface area contributed by atoms with Gasteiger partial charge < -0.3 is 15.3 Å². The lowest BCUT2D eigenvalue weighted by Crippen LogP contribution is -2.40. The summed E-state index contributed by atoms with van der Waals surface area (Å²) in [6, 6.07) is 0. The number of piperidine rings is 1. The molecule has 0 radical (unpaired) electrons. The second kappa shape index (κ2) is 6.11. The minimum atomic E-state index is -1.16. The minimum absolute atomic E-state index is 0.150. The molecule has 2 rings (SSSR count). The van der Waals surface area contributed by atoms with Crippen LogP contribution in [-0.4, -0.2) is 53.4 Å². The number of hydrogen-bond donors (Lipinski definition) is 2. The Labute approximate surface area is 128 Å². The molecule has 21 heavy (non-hydrogen) atoms. The maximum Gasteiger partial charge on any atom is 0.356 e. The number of aromatic nitrogens is 1. The van der Waals surface area contributed by atoms with E-state index in [2.05, 4.69) is 29.2 Å². The lowest BCUT2D eigenvalue weighted by Gasteiger charge is -2.37. The maximum atomic E-state index is 11.5. The molecule has 1 fully saturated rings. The molecule has 1 saturated heterocycles. The molecular formula is C14H21N3O3S. The Balaban J connectivity index is 2.05. The average molecular weight is 311 g/mol. The van der Waals surface area contributed by atoms with Crippen molar-refractivity contribution in [2.24, 2.45) is 5.41 Å². The Morgan fingerprint density at radius 2 is 2.05 bits per heavy atom. The van der Waals surface area contributed by atoms with Gasteiger partial charge in [-0.3, -0.25) is 4.79 Å². The number of Topliss-reactive ketones (excluding diaryl/α,β-unsaturated/α-hetero) is 1. The molecule has 6 nitrogen and oxygen atoms in total. The normalized spacial score (nSPS) is 18.4. The van der Waals surface area contributed by atoms with Crippen molar-refractivity contribution in [3.63, 3.8) is 0 Å². The number of anilines is 1. The zero-order chi connectivity index (χ0) is 15.6. The number of carbonyl (C=O) groups is 2. The molecule has 116 valence electrons. The predicted molar refractivity (Wildman–Crippen MR) is 82.4 cm³/mol. The first-order valence-corrected chi connectivity index (χ1v) is 7.80. The van der Waals surface area contributed by atoms with E-state index in [0.29, 0.717) is 5.13 Å². The second-order valence-corrected chi connectivity index (χ2v) is 7.02. The fourth-order valence-corrected chi connectivity index (χ4v) is 3.25. The number of carboxylic acids is 1. The highest BCUT2D eigenvalue weighted by Gasteiger charge is 2.29. The number of likely N-dealkylation sites (tertiary alicyclic amines) is 1. The van der Waals surface area contributed by atoms with Gasteiger partial charge >= 0.3 is 5.97 Å². The molecule has 1 aromatic rings. The number of hydrogen-bond acceptors (Lipinski definition) is 6. The largest absolute Gasteiger partial charge is 0.476 e. The van der Waals surface area contributed by atoms with Crippen LogP contribution in [0.15, 0.2) is 0 Å². The van der Waals surface area contributed by atoms with Crippen LogP contribution in [0.5, 0.6) is 0 Å². The summed E-state index contributed by atoms with van der Waals surface area (Å²) in [6.07, 6.45) is 2.18. The van der Waals surface area contributed by atoms with Crippen LogP contribution in [0.1, 0.15) is 46.8 Å². The Kier molecular flexibility index (Phi) is 4.63. The molecular weight excluding hydrogens is 290 g/mol. The van der Waals surface area contributed by atoms with E-state index in [9.17, 15) is 9.59 Å². The molecule has 0 amide bonds. The molecule has 2 heterocycles. The molecule has 2 N–H and O–H groups in total. The van der Waals surface area contributed by atoms with Gasteiger partial charge in [0.2, 0.25) is 0 Å². The summed E-state index contributed by atoms with van der Waals surface area (Å²) in [4.78, 5) is 29.1. The highest BCUT2D eigenvalue weighted by molar-refractivity contribution is 7.17. The summed E-state index contributed by atoms with van der Waals surface area (Å²) in [7, 11) is 2.12. The average Bonchev–Trinajstić information content (AvgIpc) is 2.85. The highest BCUT2D eigenvalue weighted by Crippen LogP contribution is 2.32.